The maximum absolute atomic E-state index is 12.6. The topological polar surface area (TPSA) is 95.7 Å². The van der Waals surface area contributed by atoms with Crippen molar-refractivity contribution in [2.24, 2.45) is 5.41 Å². The lowest BCUT2D eigenvalue weighted by molar-refractivity contribution is -0.384. The fraction of sp³-hybridized carbons (Fsp3) is 0.579. The number of nitro groups is 1. The minimum atomic E-state index is -1.37. The number of hydrogen-bond donors (Lipinski definition) is 0. The number of carbonyl (C=O) groups is 2. The van der Waals surface area contributed by atoms with Crippen LogP contribution in [0.1, 0.15) is 59.3 Å². The lowest BCUT2D eigenvalue weighted by Crippen LogP contribution is -2.42. The van der Waals surface area contributed by atoms with Crippen LogP contribution in [0.25, 0.3) is 0 Å². The van der Waals surface area contributed by atoms with Gasteiger partial charge in [-0.05, 0) is 31.4 Å². The van der Waals surface area contributed by atoms with Gasteiger partial charge in [-0.15, -0.1) is 0 Å². The Morgan fingerprint density at radius 3 is 2.12 bits per heavy atom. The zero-order chi connectivity index (χ0) is 19.6. The Labute approximate surface area is 153 Å². The van der Waals surface area contributed by atoms with Crippen molar-refractivity contribution in [3.05, 3.63) is 34.4 Å². The van der Waals surface area contributed by atoms with Crippen LogP contribution in [-0.2, 0) is 14.3 Å². The summed E-state index contributed by atoms with van der Waals surface area (Å²) in [6, 6.07) is 5.16. The third kappa shape index (κ3) is 5.54. The smallest absolute Gasteiger partial charge is 0.328 e. The van der Waals surface area contributed by atoms with Crippen LogP contribution in [0.15, 0.2) is 24.3 Å². The van der Waals surface area contributed by atoms with Gasteiger partial charge in [0.2, 0.25) is 0 Å². The minimum absolute atomic E-state index is 0.103. The van der Waals surface area contributed by atoms with Gasteiger partial charge in [0, 0.05) is 12.1 Å². The minimum Gasteiger partial charge on any atom is -0.465 e. The highest BCUT2D eigenvalue weighted by atomic mass is 16.6. The summed E-state index contributed by atoms with van der Waals surface area (Å²) in [6.07, 6.45) is 4.41. The molecule has 1 aromatic carbocycles. The molecule has 0 atom stereocenters. The summed E-state index contributed by atoms with van der Waals surface area (Å²) >= 11 is 0. The molecule has 0 aliphatic carbocycles. The molecule has 144 valence electrons. The second kappa shape index (κ2) is 10.5. The molecule has 0 aliphatic rings. The van der Waals surface area contributed by atoms with Crippen molar-refractivity contribution in [3.8, 4) is 5.75 Å². The first kappa shape index (κ1) is 21.6. The van der Waals surface area contributed by atoms with E-state index in [1.165, 1.54) is 24.3 Å². The number of hydrogen-bond acceptors (Lipinski definition) is 6. The summed E-state index contributed by atoms with van der Waals surface area (Å²) in [7, 11) is 0. The number of rotatable bonds is 11. The first-order valence-corrected chi connectivity index (χ1v) is 9.05. The maximum atomic E-state index is 12.6. The number of non-ortho nitro benzene ring substituents is 1. The predicted molar refractivity (Wildman–Crippen MR) is 96.8 cm³/mol. The Morgan fingerprint density at radius 1 is 1.00 bits per heavy atom. The average Bonchev–Trinajstić information content (AvgIpc) is 2.63. The van der Waals surface area contributed by atoms with Gasteiger partial charge < -0.3 is 9.47 Å². The lowest BCUT2D eigenvalue weighted by Gasteiger charge is -2.26. The third-order valence-corrected chi connectivity index (χ3v) is 4.48. The van der Waals surface area contributed by atoms with E-state index in [1.807, 2.05) is 0 Å². The molecule has 0 aromatic heterocycles. The van der Waals surface area contributed by atoms with Crippen molar-refractivity contribution in [1.82, 2.24) is 0 Å². The van der Waals surface area contributed by atoms with Crippen molar-refractivity contribution >= 4 is 17.6 Å². The molecule has 0 bridgehead atoms. The molecule has 0 heterocycles. The van der Waals surface area contributed by atoms with E-state index >= 15 is 0 Å². The maximum Gasteiger partial charge on any atom is 0.328 e. The van der Waals surface area contributed by atoms with Crippen LogP contribution >= 0.6 is 0 Å². The highest BCUT2D eigenvalue weighted by Crippen LogP contribution is 2.31. The molecule has 0 spiro atoms. The van der Waals surface area contributed by atoms with Gasteiger partial charge in [0.05, 0.1) is 11.5 Å². The summed E-state index contributed by atoms with van der Waals surface area (Å²) in [4.78, 5) is 35.3. The average molecular weight is 365 g/mol. The molecule has 0 aliphatic heterocycles. The second-order valence-corrected chi connectivity index (χ2v) is 6.13. The highest BCUT2D eigenvalue weighted by molar-refractivity contribution is 6.00. The molecule has 0 unspecified atom stereocenters. The first-order chi connectivity index (χ1) is 12.4. The molecule has 1 rings (SSSR count). The van der Waals surface area contributed by atoms with Crippen LogP contribution in [0.2, 0.25) is 0 Å². The van der Waals surface area contributed by atoms with E-state index in [4.69, 9.17) is 9.47 Å². The van der Waals surface area contributed by atoms with E-state index < -0.39 is 22.3 Å². The van der Waals surface area contributed by atoms with E-state index in [9.17, 15) is 19.7 Å². The molecule has 0 saturated heterocycles. The lowest BCUT2D eigenvalue weighted by atomic mass is 9.82. The summed E-state index contributed by atoms with van der Waals surface area (Å²) in [5.74, 6) is -1.12. The van der Waals surface area contributed by atoms with Gasteiger partial charge in [-0.1, -0.05) is 40.0 Å². The van der Waals surface area contributed by atoms with Crippen LogP contribution in [-0.4, -0.2) is 23.5 Å². The summed E-state index contributed by atoms with van der Waals surface area (Å²) in [5, 5.41) is 10.7. The van der Waals surface area contributed by atoms with Gasteiger partial charge in [-0.25, -0.2) is 0 Å². The van der Waals surface area contributed by atoms with Gasteiger partial charge in [-0.3, -0.25) is 19.7 Å². The van der Waals surface area contributed by atoms with E-state index in [0.717, 1.165) is 25.7 Å². The summed E-state index contributed by atoms with van der Waals surface area (Å²) < 4.78 is 10.6. The van der Waals surface area contributed by atoms with Crippen LogP contribution in [0, 0.1) is 15.5 Å². The van der Waals surface area contributed by atoms with E-state index in [1.54, 1.807) is 13.8 Å². The number of nitrogens with zero attached hydrogens (tertiary/aromatic N) is 1. The Balaban J connectivity index is 2.77. The van der Waals surface area contributed by atoms with Crippen LogP contribution < -0.4 is 4.74 Å². The van der Waals surface area contributed by atoms with Gasteiger partial charge >= 0.3 is 11.9 Å². The number of nitro benzene ring substituents is 1. The molecular weight excluding hydrogens is 338 g/mol. The molecule has 7 heteroatoms. The molecule has 0 saturated carbocycles. The van der Waals surface area contributed by atoms with Crippen LogP contribution in [0.4, 0.5) is 5.69 Å². The van der Waals surface area contributed by atoms with Crippen molar-refractivity contribution < 1.29 is 24.0 Å². The van der Waals surface area contributed by atoms with Crippen molar-refractivity contribution in [2.45, 2.75) is 59.3 Å². The number of unbranched alkanes of at least 4 members (excludes halogenated alkanes) is 3. The fourth-order valence-electron chi connectivity index (χ4n) is 2.58. The van der Waals surface area contributed by atoms with Crippen LogP contribution in [0.5, 0.6) is 5.75 Å². The molecule has 0 fully saturated rings. The van der Waals surface area contributed by atoms with E-state index in [-0.39, 0.29) is 30.9 Å². The number of benzene rings is 1. The van der Waals surface area contributed by atoms with E-state index in [2.05, 4.69) is 6.92 Å². The quantitative estimate of drug-likeness (QED) is 0.144. The normalized spacial score (nSPS) is 11.0. The SMILES string of the molecule is CCCCCCOC(=O)C(CC)(CC)C(=O)Oc1ccc([N+](=O)[O-])cc1. The zero-order valence-electron chi connectivity index (χ0n) is 15.7. The molecular formula is C19H27NO6. The van der Waals surface area contributed by atoms with Crippen molar-refractivity contribution in [3.63, 3.8) is 0 Å². The third-order valence-electron chi connectivity index (χ3n) is 4.48. The van der Waals surface area contributed by atoms with Gasteiger partial charge in [0.25, 0.3) is 5.69 Å². The standard InChI is InChI=1S/C19H27NO6/c1-4-7-8-9-14-25-17(21)19(5-2,6-3)18(22)26-16-12-10-15(11-13-16)20(23)24/h10-13H,4-9,14H2,1-3H3. The monoisotopic (exact) mass is 365 g/mol. The molecule has 7 nitrogen and oxygen atoms in total. The molecule has 1 aromatic rings. The first-order valence-electron chi connectivity index (χ1n) is 9.05. The molecule has 0 radical (unpaired) electrons. The molecule has 26 heavy (non-hydrogen) atoms. The van der Waals surface area contributed by atoms with Crippen molar-refractivity contribution in [2.75, 3.05) is 6.61 Å². The fourth-order valence-corrected chi connectivity index (χ4v) is 2.58. The van der Waals surface area contributed by atoms with Gasteiger partial charge in [0.1, 0.15) is 5.75 Å². The number of ether oxygens (including phenoxy) is 2. The predicted octanol–water partition coefficient (Wildman–Crippen LogP) is 4.43. The Morgan fingerprint density at radius 2 is 1.62 bits per heavy atom. The van der Waals surface area contributed by atoms with Crippen molar-refractivity contribution in [1.29, 1.82) is 0 Å². The summed E-state index contributed by atoms with van der Waals surface area (Å²) in [5.41, 5.74) is -1.47. The van der Waals surface area contributed by atoms with Gasteiger partial charge in [0.15, 0.2) is 5.41 Å². The summed E-state index contributed by atoms with van der Waals surface area (Å²) in [6.45, 7) is 5.85. The van der Waals surface area contributed by atoms with Gasteiger partial charge in [-0.2, -0.15) is 0 Å². The van der Waals surface area contributed by atoms with E-state index in [0.29, 0.717) is 0 Å². The highest BCUT2D eigenvalue weighted by Gasteiger charge is 2.46. The Kier molecular flexibility index (Phi) is 8.75. The Bertz CT molecular complexity index is 607. The number of esters is 2. The van der Waals surface area contributed by atoms with Crippen LogP contribution in [0.3, 0.4) is 0 Å². The second-order valence-electron chi connectivity index (χ2n) is 6.13. The Hall–Kier alpha value is -2.44. The molecule has 0 N–H and O–H groups in total. The zero-order valence-corrected chi connectivity index (χ0v) is 15.7. The number of carbonyl (C=O) groups excluding carboxylic acids is 2. The molecule has 0 amide bonds. The largest absolute Gasteiger partial charge is 0.465 e.